The van der Waals surface area contributed by atoms with Crippen LogP contribution in [0, 0.1) is 5.92 Å². The molecule has 0 aromatic heterocycles. The first-order valence-electron chi connectivity index (χ1n) is 14.3. The summed E-state index contributed by atoms with van der Waals surface area (Å²) in [6.45, 7) is 17.4. The third-order valence-electron chi connectivity index (χ3n) is 6.30. The fourth-order valence-corrected chi connectivity index (χ4v) is 4.50. The van der Waals surface area contributed by atoms with Gasteiger partial charge in [-0.3, -0.25) is 9.59 Å². The van der Waals surface area contributed by atoms with E-state index in [0.717, 1.165) is 12.0 Å². The van der Waals surface area contributed by atoms with Gasteiger partial charge in [0.25, 0.3) is 0 Å². The molecule has 3 amide bonds. The molecule has 0 radical (unpaired) electrons. The van der Waals surface area contributed by atoms with Gasteiger partial charge in [-0.15, -0.1) is 0 Å². The number of alkyl carbamates (subject to hydrolysis) is 1. The molecule has 7 heteroatoms. The van der Waals surface area contributed by atoms with Crippen LogP contribution >= 0.6 is 0 Å². The van der Waals surface area contributed by atoms with Crippen LogP contribution in [0.5, 0.6) is 0 Å². The van der Waals surface area contributed by atoms with Crippen molar-refractivity contribution in [2.75, 3.05) is 0 Å². The molecule has 2 aromatic rings. The Balaban J connectivity index is 2.62. The van der Waals surface area contributed by atoms with Crippen LogP contribution in [-0.4, -0.2) is 46.0 Å². The molecular weight excluding hydrogens is 502 g/mol. The van der Waals surface area contributed by atoms with E-state index in [0.29, 0.717) is 17.9 Å². The molecular formula is C33H49N3O4. The molecule has 2 rings (SSSR count). The molecule has 2 N–H and O–H groups in total. The average Bonchev–Trinajstić information content (AvgIpc) is 2.83. The minimum absolute atomic E-state index is 0.259. The van der Waals surface area contributed by atoms with Crippen LogP contribution in [0.1, 0.15) is 92.3 Å². The van der Waals surface area contributed by atoms with E-state index in [2.05, 4.69) is 24.5 Å². The molecule has 0 fully saturated rings. The second-order valence-corrected chi connectivity index (χ2v) is 13.0. The molecule has 0 heterocycles. The van der Waals surface area contributed by atoms with Crippen molar-refractivity contribution in [1.29, 1.82) is 0 Å². The van der Waals surface area contributed by atoms with Gasteiger partial charge in [-0.05, 0) is 78.4 Å². The maximum absolute atomic E-state index is 14.6. The van der Waals surface area contributed by atoms with Crippen LogP contribution in [0.25, 0.3) is 0 Å². The Hall–Kier alpha value is -3.35. The van der Waals surface area contributed by atoms with Crippen molar-refractivity contribution in [2.45, 2.75) is 111 Å². The molecule has 0 bridgehead atoms. The first kappa shape index (κ1) is 32.9. The normalized spacial score (nSPS) is 14.2. The lowest BCUT2D eigenvalue weighted by Gasteiger charge is -2.40. The van der Waals surface area contributed by atoms with Gasteiger partial charge in [-0.1, -0.05) is 74.5 Å². The molecule has 7 nitrogen and oxygen atoms in total. The van der Waals surface area contributed by atoms with Crippen LogP contribution in [0.2, 0.25) is 0 Å². The van der Waals surface area contributed by atoms with Crippen LogP contribution in [0.15, 0.2) is 60.7 Å². The highest BCUT2D eigenvalue weighted by Crippen LogP contribution is 2.28. The number of ether oxygens (including phenoxy) is 1. The lowest BCUT2D eigenvalue weighted by atomic mass is 9.95. The summed E-state index contributed by atoms with van der Waals surface area (Å²) in [5.74, 6) is -0.166. The van der Waals surface area contributed by atoms with Crippen molar-refractivity contribution in [3.63, 3.8) is 0 Å². The SMILES string of the molecule is CC(C)CCC(C)N(C(=O)C(Cc1ccccc1)NC(=O)OC(C)(C)C)C(C(=O)NC(C)(C)C)c1ccccc1. The minimum Gasteiger partial charge on any atom is -0.444 e. The first-order valence-corrected chi connectivity index (χ1v) is 14.3. The summed E-state index contributed by atoms with van der Waals surface area (Å²) in [4.78, 5) is 43.1. The van der Waals surface area contributed by atoms with Gasteiger partial charge in [-0.2, -0.15) is 0 Å². The summed E-state index contributed by atoms with van der Waals surface area (Å²) in [5, 5.41) is 5.92. The molecule has 0 spiro atoms. The Bertz CT molecular complexity index is 1090. The third-order valence-corrected chi connectivity index (χ3v) is 6.30. The zero-order valence-electron chi connectivity index (χ0n) is 25.8. The molecule has 0 aliphatic heterocycles. The van der Waals surface area contributed by atoms with Crippen LogP contribution < -0.4 is 10.6 Å². The zero-order valence-corrected chi connectivity index (χ0v) is 25.8. The van der Waals surface area contributed by atoms with E-state index < -0.39 is 29.3 Å². The van der Waals surface area contributed by atoms with E-state index in [1.165, 1.54) is 0 Å². The van der Waals surface area contributed by atoms with Gasteiger partial charge in [-0.25, -0.2) is 4.79 Å². The molecule has 0 saturated carbocycles. The number of nitrogens with zero attached hydrogens (tertiary/aromatic N) is 1. The fraction of sp³-hybridized carbons (Fsp3) is 0.545. The van der Waals surface area contributed by atoms with Gasteiger partial charge in [0.15, 0.2) is 0 Å². The summed E-state index contributed by atoms with van der Waals surface area (Å²) in [5.41, 5.74) is 0.373. The highest BCUT2D eigenvalue weighted by Gasteiger charge is 2.39. The van der Waals surface area contributed by atoms with Gasteiger partial charge < -0.3 is 20.3 Å². The fourth-order valence-electron chi connectivity index (χ4n) is 4.50. The lowest BCUT2D eigenvalue weighted by Crippen LogP contribution is -2.57. The van der Waals surface area contributed by atoms with E-state index in [-0.39, 0.29) is 24.3 Å². The highest BCUT2D eigenvalue weighted by atomic mass is 16.6. The molecule has 220 valence electrons. The van der Waals surface area contributed by atoms with Gasteiger partial charge in [0.1, 0.15) is 17.7 Å². The maximum atomic E-state index is 14.6. The molecule has 3 atom stereocenters. The summed E-state index contributed by atoms with van der Waals surface area (Å²) in [6.07, 6.45) is 1.18. The molecule has 3 unspecified atom stereocenters. The Morgan fingerprint density at radius 3 is 1.88 bits per heavy atom. The third kappa shape index (κ3) is 11.0. The van der Waals surface area contributed by atoms with Crippen molar-refractivity contribution in [3.05, 3.63) is 71.8 Å². The second-order valence-electron chi connectivity index (χ2n) is 13.0. The number of amides is 3. The Labute approximate surface area is 241 Å². The average molecular weight is 552 g/mol. The predicted octanol–water partition coefficient (Wildman–Crippen LogP) is 6.43. The monoisotopic (exact) mass is 551 g/mol. The van der Waals surface area contributed by atoms with E-state index >= 15 is 0 Å². The van der Waals surface area contributed by atoms with E-state index in [1.807, 2.05) is 88.4 Å². The van der Waals surface area contributed by atoms with E-state index in [9.17, 15) is 14.4 Å². The Morgan fingerprint density at radius 1 is 0.825 bits per heavy atom. The lowest BCUT2D eigenvalue weighted by molar-refractivity contribution is -0.145. The van der Waals surface area contributed by atoms with Gasteiger partial charge in [0.2, 0.25) is 11.8 Å². The van der Waals surface area contributed by atoms with E-state index in [1.54, 1.807) is 25.7 Å². The second kappa shape index (κ2) is 14.3. The smallest absolute Gasteiger partial charge is 0.408 e. The number of benzene rings is 2. The molecule has 0 saturated heterocycles. The Morgan fingerprint density at radius 2 is 1.38 bits per heavy atom. The van der Waals surface area contributed by atoms with Crippen LogP contribution in [-0.2, 0) is 20.7 Å². The standard InChI is InChI=1S/C33H49N3O4/c1-23(2)20-21-24(3)36(28(26-18-14-11-15-19-26)29(37)35-32(4,5)6)30(38)27(22-25-16-12-10-13-17-25)34-31(39)40-33(7,8)9/h10-19,23-24,27-28H,20-22H2,1-9H3,(H,34,39)(H,35,37). The number of rotatable bonds is 11. The molecule has 0 aliphatic rings. The van der Waals surface area contributed by atoms with Gasteiger partial charge in [0.05, 0.1) is 0 Å². The topological polar surface area (TPSA) is 87.7 Å². The summed E-state index contributed by atoms with van der Waals surface area (Å²) in [6, 6.07) is 16.8. The van der Waals surface area contributed by atoms with E-state index in [4.69, 9.17) is 4.74 Å². The maximum Gasteiger partial charge on any atom is 0.408 e. The largest absolute Gasteiger partial charge is 0.444 e. The summed E-state index contributed by atoms with van der Waals surface area (Å²) < 4.78 is 5.53. The minimum atomic E-state index is -0.938. The summed E-state index contributed by atoms with van der Waals surface area (Å²) in [7, 11) is 0. The van der Waals surface area contributed by atoms with Gasteiger partial charge in [0, 0.05) is 18.0 Å². The van der Waals surface area contributed by atoms with Crippen LogP contribution in [0.3, 0.4) is 0 Å². The van der Waals surface area contributed by atoms with Crippen molar-refractivity contribution in [2.24, 2.45) is 5.92 Å². The summed E-state index contributed by atoms with van der Waals surface area (Å²) >= 11 is 0. The quantitative estimate of drug-likeness (QED) is 0.337. The predicted molar refractivity (Wildman–Crippen MR) is 161 cm³/mol. The Kier molecular flexibility index (Phi) is 11.8. The number of hydrogen-bond acceptors (Lipinski definition) is 4. The van der Waals surface area contributed by atoms with Gasteiger partial charge >= 0.3 is 6.09 Å². The number of carbonyl (C=O) groups is 3. The molecule has 0 aliphatic carbocycles. The number of hydrogen-bond donors (Lipinski definition) is 2. The van der Waals surface area contributed by atoms with Crippen molar-refractivity contribution >= 4 is 17.9 Å². The van der Waals surface area contributed by atoms with Crippen molar-refractivity contribution in [1.82, 2.24) is 15.5 Å². The number of nitrogens with one attached hydrogen (secondary N) is 2. The zero-order chi connectivity index (χ0) is 30.1. The first-order chi connectivity index (χ1) is 18.6. The number of carbonyl (C=O) groups excluding carboxylic acids is 3. The van der Waals surface area contributed by atoms with Crippen molar-refractivity contribution < 1.29 is 19.1 Å². The van der Waals surface area contributed by atoms with Crippen molar-refractivity contribution in [3.8, 4) is 0 Å². The highest BCUT2D eigenvalue weighted by molar-refractivity contribution is 5.92. The van der Waals surface area contributed by atoms with Crippen LogP contribution in [0.4, 0.5) is 4.79 Å². The molecule has 2 aromatic carbocycles. The molecule has 40 heavy (non-hydrogen) atoms.